The number of rotatable bonds is 3. The Hall–Kier alpha value is -3.15. The van der Waals surface area contributed by atoms with Crippen molar-refractivity contribution in [2.24, 2.45) is 0 Å². The summed E-state index contributed by atoms with van der Waals surface area (Å²) in [5.74, 6) is 1.56. The molecule has 3 heterocycles. The minimum Gasteiger partial charge on any atom is -0.477 e. The number of aromatic nitrogens is 1. The molecule has 0 saturated carbocycles. The minimum absolute atomic E-state index is 0.123. The molecule has 0 fully saturated rings. The molecular formula is C24H19ClN2O3. The van der Waals surface area contributed by atoms with Gasteiger partial charge in [0, 0.05) is 41.6 Å². The normalized spacial score (nSPS) is 16.7. The summed E-state index contributed by atoms with van der Waals surface area (Å²) in [7, 11) is 0. The largest absolute Gasteiger partial charge is 0.477 e. The van der Waals surface area contributed by atoms with Crippen LogP contribution in [0.5, 0.6) is 11.5 Å². The standard InChI is InChI=1S/C24H19ClN2O3/c1-15-23-18(13-27(14-29-23)12-16-5-7-26-8-6-16)11-20-22(28)21(30-24(15)20)10-17-3-2-4-19(25)9-17/h2-11H,12-14H2,1H3/b21-10-. The molecule has 5 nitrogen and oxygen atoms in total. The van der Waals surface area contributed by atoms with Crippen molar-refractivity contribution in [3.63, 3.8) is 0 Å². The Labute approximate surface area is 179 Å². The molecule has 0 radical (unpaired) electrons. The summed E-state index contributed by atoms with van der Waals surface area (Å²) in [6, 6.07) is 13.2. The van der Waals surface area contributed by atoms with E-state index in [0.717, 1.165) is 29.0 Å². The number of Topliss-reactive ketones (excluding diaryl/α,β-unsaturated/α-hetero) is 1. The number of carbonyl (C=O) groups is 1. The molecule has 0 spiro atoms. The van der Waals surface area contributed by atoms with E-state index >= 15 is 0 Å². The van der Waals surface area contributed by atoms with Crippen LogP contribution in [0.4, 0.5) is 0 Å². The van der Waals surface area contributed by atoms with Crippen molar-refractivity contribution in [3.8, 4) is 11.5 Å². The van der Waals surface area contributed by atoms with E-state index < -0.39 is 0 Å². The van der Waals surface area contributed by atoms with E-state index in [1.807, 2.05) is 37.3 Å². The Kier molecular flexibility index (Phi) is 4.77. The summed E-state index contributed by atoms with van der Waals surface area (Å²) in [6.07, 6.45) is 5.30. The molecule has 0 saturated heterocycles. The van der Waals surface area contributed by atoms with Gasteiger partial charge in [0.1, 0.15) is 18.2 Å². The Bertz CT molecular complexity index is 1170. The van der Waals surface area contributed by atoms with Gasteiger partial charge < -0.3 is 9.47 Å². The third-order valence-corrected chi connectivity index (χ3v) is 5.54. The summed E-state index contributed by atoms with van der Waals surface area (Å²) in [5.41, 5.74) is 4.41. The maximum absolute atomic E-state index is 13.0. The zero-order valence-electron chi connectivity index (χ0n) is 16.4. The molecule has 0 amide bonds. The highest BCUT2D eigenvalue weighted by Crippen LogP contribution is 2.43. The second-order valence-corrected chi connectivity index (χ2v) is 7.91. The van der Waals surface area contributed by atoms with Crippen molar-refractivity contribution < 1.29 is 14.3 Å². The fourth-order valence-corrected chi connectivity index (χ4v) is 4.09. The van der Waals surface area contributed by atoms with Gasteiger partial charge in [0.05, 0.1) is 5.56 Å². The highest BCUT2D eigenvalue weighted by atomic mass is 35.5. The molecule has 2 aliphatic rings. The number of halogens is 1. The predicted molar refractivity (Wildman–Crippen MR) is 115 cm³/mol. The third kappa shape index (κ3) is 3.47. The van der Waals surface area contributed by atoms with Crippen LogP contribution in [0.2, 0.25) is 5.02 Å². The molecule has 150 valence electrons. The first-order chi connectivity index (χ1) is 14.6. The Morgan fingerprint density at radius 1 is 1.17 bits per heavy atom. The first-order valence-corrected chi connectivity index (χ1v) is 10.1. The quantitative estimate of drug-likeness (QED) is 0.559. The van der Waals surface area contributed by atoms with Crippen molar-refractivity contribution in [2.75, 3.05) is 6.73 Å². The molecule has 0 unspecified atom stereocenters. The van der Waals surface area contributed by atoms with E-state index in [1.54, 1.807) is 30.6 Å². The lowest BCUT2D eigenvalue weighted by molar-refractivity contribution is 0.0876. The number of hydrogen-bond donors (Lipinski definition) is 0. The summed E-state index contributed by atoms with van der Waals surface area (Å²) < 4.78 is 12.0. The number of allylic oxidation sites excluding steroid dienone is 1. The molecule has 30 heavy (non-hydrogen) atoms. The number of benzene rings is 2. The molecule has 1 aromatic heterocycles. The van der Waals surface area contributed by atoms with Crippen molar-refractivity contribution in [3.05, 3.63) is 93.5 Å². The maximum atomic E-state index is 13.0. The average Bonchev–Trinajstić information content (AvgIpc) is 3.05. The van der Waals surface area contributed by atoms with Crippen LogP contribution in [0.15, 0.2) is 60.6 Å². The highest BCUT2D eigenvalue weighted by molar-refractivity contribution is 6.30. The predicted octanol–water partition coefficient (Wildman–Crippen LogP) is 5.01. The first kappa shape index (κ1) is 18.9. The molecule has 0 atom stereocenters. The summed E-state index contributed by atoms with van der Waals surface area (Å²) in [4.78, 5) is 19.3. The Morgan fingerprint density at radius 3 is 2.80 bits per heavy atom. The van der Waals surface area contributed by atoms with Gasteiger partial charge in [-0.25, -0.2) is 0 Å². The van der Waals surface area contributed by atoms with Gasteiger partial charge in [-0.15, -0.1) is 0 Å². The van der Waals surface area contributed by atoms with Crippen molar-refractivity contribution in [1.29, 1.82) is 0 Å². The molecule has 2 aliphatic heterocycles. The molecule has 0 N–H and O–H groups in total. The molecule has 6 heteroatoms. The lowest BCUT2D eigenvalue weighted by atomic mass is 10.00. The van der Waals surface area contributed by atoms with Gasteiger partial charge in [0.2, 0.25) is 5.78 Å². The van der Waals surface area contributed by atoms with E-state index in [9.17, 15) is 4.79 Å². The molecule has 5 rings (SSSR count). The van der Waals surface area contributed by atoms with Gasteiger partial charge in [-0.05, 0) is 54.5 Å². The lowest BCUT2D eigenvalue weighted by Crippen LogP contribution is -2.32. The van der Waals surface area contributed by atoms with Gasteiger partial charge in [-0.1, -0.05) is 23.7 Å². The van der Waals surface area contributed by atoms with Crippen molar-refractivity contribution >= 4 is 23.5 Å². The van der Waals surface area contributed by atoms with Gasteiger partial charge in [-0.3, -0.25) is 14.7 Å². The Balaban J connectivity index is 1.44. The number of fused-ring (bicyclic) bond motifs is 2. The number of carbonyl (C=O) groups excluding carboxylic acids is 1. The second kappa shape index (κ2) is 7.59. The van der Waals surface area contributed by atoms with E-state index in [1.165, 1.54) is 5.56 Å². The topological polar surface area (TPSA) is 51.7 Å². The maximum Gasteiger partial charge on any atom is 0.231 e. The van der Waals surface area contributed by atoms with Crippen molar-refractivity contribution in [2.45, 2.75) is 20.0 Å². The summed E-state index contributed by atoms with van der Waals surface area (Å²) >= 11 is 6.06. The number of ether oxygens (including phenoxy) is 2. The van der Waals surface area contributed by atoms with Crippen LogP contribution in [0.25, 0.3) is 6.08 Å². The first-order valence-electron chi connectivity index (χ1n) is 9.69. The number of nitrogens with zero attached hydrogens (tertiary/aromatic N) is 2. The van der Waals surface area contributed by atoms with Crippen LogP contribution in [-0.2, 0) is 13.1 Å². The smallest absolute Gasteiger partial charge is 0.231 e. The van der Waals surface area contributed by atoms with Crippen LogP contribution >= 0.6 is 11.6 Å². The molecule has 3 aromatic rings. The van der Waals surface area contributed by atoms with E-state index in [4.69, 9.17) is 21.1 Å². The van der Waals surface area contributed by atoms with E-state index in [0.29, 0.717) is 35.4 Å². The van der Waals surface area contributed by atoms with E-state index in [2.05, 4.69) is 9.88 Å². The molecule has 2 aromatic carbocycles. The minimum atomic E-state index is -0.123. The van der Waals surface area contributed by atoms with E-state index in [-0.39, 0.29) is 5.78 Å². The fraction of sp³-hybridized carbons (Fsp3) is 0.167. The monoisotopic (exact) mass is 418 g/mol. The number of ketones is 1. The third-order valence-electron chi connectivity index (χ3n) is 5.30. The molecular weight excluding hydrogens is 400 g/mol. The lowest BCUT2D eigenvalue weighted by Gasteiger charge is -2.30. The van der Waals surface area contributed by atoms with Gasteiger partial charge >= 0.3 is 0 Å². The van der Waals surface area contributed by atoms with Gasteiger partial charge in [-0.2, -0.15) is 0 Å². The molecule has 0 aliphatic carbocycles. The van der Waals surface area contributed by atoms with Crippen molar-refractivity contribution in [1.82, 2.24) is 9.88 Å². The number of hydrogen-bond acceptors (Lipinski definition) is 5. The highest BCUT2D eigenvalue weighted by Gasteiger charge is 2.33. The Morgan fingerprint density at radius 2 is 2.00 bits per heavy atom. The van der Waals surface area contributed by atoms with Crippen LogP contribution in [0.1, 0.15) is 32.6 Å². The summed E-state index contributed by atoms with van der Waals surface area (Å²) in [6.45, 7) is 3.87. The second-order valence-electron chi connectivity index (χ2n) is 7.48. The van der Waals surface area contributed by atoms with Crippen LogP contribution in [0.3, 0.4) is 0 Å². The van der Waals surface area contributed by atoms with Crippen LogP contribution in [0, 0.1) is 6.92 Å². The van der Waals surface area contributed by atoms with Crippen LogP contribution < -0.4 is 9.47 Å². The fourth-order valence-electron chi connectivity index (χ4n) is 3.89. The SMILES string of the molecule is Cc1c2c(cc3c1O/C(=C\c1cccc(Cl)c1)C3=O)CN(Cc1ccncc1)CO2. The number of pyridine rings is 1. The average molecular weight is 419 g/mol. The van der Waals surface area contributed by atoms with Gasteiger partial charge in [0.15, 0.2) is 5.76 Å². The zero-order chi connectivity index (χ0) is 20.7. The zero-order valence-corrected chi connectivity index (χ0v) is 17.1. The molecule has 0 bridgehead atoms. The summed E-state index contributed by atoms with van der Waals surface area (Å²) in [5, 5.41) is 0.613. The van der Waals surface area contributed by atoms with Crippen LogP contribution in [-0.4, -0.2) is 22.4 Å². The van der Waals surface area contributed by atoms with Gasteiger partial charge in [0.25, 0.3) is 0 Å².